The molecule has 0 aliphatic heterocycles. The first kappa shape index (κ1) is 8.89. The van der Waals surface area contributed by atoms with E-state index in [1.54, 1.807) is 0 Å². The predicted molar refractivity (Wildman–Crippen MR) is 55.1 cm³/mol. The van der Waals surface area contributed by atoms with Crippen molar-refractivity contribution in [3.05, 3.63) is 0 Å². The molecule has 2 aliphatic rings. The zero-order valence-corrected chi connectivity index (χ0v) is 9.08. The Morgan fingerprint density at radius 1 is 1.08 bits per heavy atom. The van der Waals surface area contributed by atoms with Gasteiger partial charge in [0.1, 0.15) is 0 Å². The highest BCUT2D eigenvalue weighted by molar-refractivity contribution is 7.98. The van der Waals surface area contributed by atoms with Crippen LogP contribution in [-0.2, 0) is 0 Å². The van der Waals surface area contributed by atoms with E-state index in [4.69, 9.17) is 0 Å². The molecular weight excluding hydrogens is 166 g/mol. The van der Waals surface area contributed by atoms with Gasteiger partial charge in [0, 0.05) is 10.8 Å². The van der Waals surface area contributed by atoms with Crippen molar-refractivity contribution in [2.75, 3.05) is 0 Å². The summed E-state index contributed by atoms with van der Waals surface area (Å²) in [4.78, 5) is 0. The molecule has 0 saturated heterocycles. The standard InChI is InChI=1S/C10H19NS/c1-10(2,3)12-11-9-5-7-4-8(7)6-9/h7-9,11H,4-6H2,1-3H3. The lowest BCUT2D eigenvalue weighted by molar-refractivity contribution is 0.575. The molecule has 2 heteroatoms. The maximum atomic E-state index is 3.60. The van der Waals surface area contributed by atoms with Crippen LogP contribution in [0.3, 0.4) is 0 Å². The summed E-state index contributed by atoms with van der Waals surface area (Å²) >= 11 is 1.90. The Morgan fingerprint density at radius 3 is 2.17 bits per heavy atom. The van der Waals surface area contributed by atoms with E-state index >= 15 is 0 Å². The van der Waals surface area contributed by atoms with E-state index in [0.717, 1.165) is 17.9 Å². The van der Waals surface area contributed by atoms with Crippen molar-refractivity contribution in [1.82, 2.24) is 4.72 Å². The normalized spacial score (nSPS) is 39.8. The summed E-state index contributed by atoms with van der Waals surface area (Å²) in [5, 5.41) is 0. The quantitative estimate of drug-likeness (QED) is 0.664. The zero-order valence-electron chi connectivity index (χ0n) is 8.26. The summed E-state index contributed by atoms with van der Waals surface area (Å²) in [6.07, 6.45) is 4.40. The minimum atomic E-state index is 0.368. The van der Waals surface area contributed by atoms with Gasteiger partial charge < -0.3 is 0 Å². The lowest BCUT2D eigenvalue weighted by Crippen LogP contribution is -2.26. The van der Waals surface area contributed by atoms with E-state index in [-0.39, 0.29) is 0 Å². The van der Waals surface area contributed by atoms with Gasteiger partial charge in [0.15, 0.2) is 0 Å². The summed E-state index contributed by atoms with van der Waals surface area (Å²) in [5.74, 6) is 2.20. The van der Waals surface area contributed by atoms with Crippen LogP contribution in [0.5, 0.6) is 0 Å². The van der Waals surface area contributed by atoms with E-state index in [1.807, 2.05) is 11.9 Å². The van der Waals surface area contributed by atoms with Crippen LogP contribution < -0.4 is 4.72 Å². The van der Waals surface area contributed by atoms with Gasteiger partial charge in [0.2, 0.25) is 0 Å². The molecule has 0 aromatic rings. The van der Waals surface area contributed by atoms with Gasteiger partial charge in [-0.1, -0.05) is 11.9 Å². The van der Waals surface area contributed by atoms with E-state index < -0.39 is 0 Å². The third-order valence-corrected chi connectivity index (χ3v) is 3.84. The lowest BCUT2D eigenvalue weighted by atomic mass is 10.2. The van der Waals surface area contributed by atoms with Crippen molar-refractivity contribution in [2.24, 2.45) is 11.8 Å². The van der Waals surface area contributed by atoms with Gasteiger partial charge in [-0.2, -0.15) is 0 Å². The van der Waals surface area contributed by atoms with Crippen LogP contribution in [0.4, 0.5) is 0 Å². The summed E-state index contributed by atoms with van der Waals surface area (Å²) in [5.41, 5.74) is 0. The predicted octanol–water partition coefficient (Wildman–Crippen LogP) is 2.82. The topological polar surface area (TPSA) is 12.0 Å². The molecule has 2 atom stereocenters. The van der Waals surface area contributed by atoms with E-state index in [1.165, 1.54) is 19.3 Å². The number of nitrogens with one attached hydrogen (secondary N) is 1. The number of hydrogen-bond donors (Lipinski definition) is 1. The number of hydrogen-bond acceptors (Lipinski definition) is 2. The maximum absolute atomic E-state index is 3.60. The van der Waals surface area contributed by atoms with E-state index in [9.17, 15) is 0 Å². The Morgan fingerprint density at radius 2 is 1.67 bits per heavy atom. The summed E-state index contributed by atoms with van der Waals surface area (Å²) in [7, 11) is 0. The Hall–Kier alpha value is 0.310. The summed E-state index contributed by atoms with van der Waals surface area (Å²) < 4.78 is 3.97. The van der Waals surface area contributed by atoms with Crippen LogP contribution in [0.2, 0.25) is 0 Å². The molecule has 0 bridgehead atoms. The average molecular weight is 185 g/mol. The third kappa shape index (κ3) is 2.17. The molecular formula is C10H19NS. The first-order valence-electron chi connectivity index (χ1n) is 4.98. The molecule has 0 aromatic heterocycles. The zero-order chi connectivity index (χ0) is 8.77. The Bertz CT molecular complexity index is 163. The van der Waals surface area contributed by atoms with Crippen molar-refractivity contribution in [3.8, 4) is 0 Å². The molecule has 70 valence electrons. The molecule has 2 fully saturated rings. The second-order valence-corrected chi connectivity index (χ2v) is 6.92. The smallest absolute Gasteiger partial charge is 0.0220 e. The molecule has 0 heterocycles. The molecule has 0 aromatic carbocycles. The van der Waals surface area contributed by atoms with Gasteiger partial charge in [0.25, 0.3) is 0 Å². The maximum Gasteiger partial charge on any atom is 0.0220 e. The third-order valence-electron chi connectivity index (χ3n) is 2.78. The SMILES string of the molecule is CC(C)(C)SNC1CC2CC2C1. The van der Waals surface area contributed by atoms with Crippen molar-refractivity contribution >= 4 is 11.9 Å². The van der Waals surface area contributed by atoms with Gasteiger partial charge in [-0.3, -0.25) is 4.72 Å². The van der Waals surface area contributed by atoms with Crippen LogP contribution in [0.25, 0.3) is 0 Å². The minimum Gasteiger partial charge on any atom is -0.261 e. The fraction of sp³-hybridized carbons (Fsp3) is 1.00. The van der Waals surface area contributed by atoms with Crippen LogP contribution in [0.1, 0.15) is 40.0 Å². The van der Waals surface area contributed by atoms with Gasteiger partial charge in [0.05, 0.1) is 0 Å². The van der Waals surface area contributed by atoms with Gasteiger partial charge >= 0.3 is 0 Å². The second kappa shape index (κ2) is 2.91. The van der Waals surface area contributed by atoms with Crippen LogP contribution in [0, 0.1) is 11.8 Å². The van der Waals surface area contributed by atoms with Crippen molar-refractivity contribution in [2.45, 2.75) is 50.8 Å². The average Bonchev–Trinajstić information content (AvgIpc) is 2.54. The Balaban J connectivity index is 1.68. The summed E-state index contributed by atoms with van der Waals surface area (Å²) in [6.45, 7) is 6.79. The Kier molecular flexibility index (Phi) is 2.16. The van der Waals surface area contributed by atoms with E-state index in [2.05, 4.69) is 25.5 Å². The van der Waals surface area contributed by atoms with E-state index in [0.29, 0.717) is 4.75 Å². The fourth-order valence-corrected chi connectivity index (χ4v) is 2.78. The number of fused-ring (bicyclic) bond motifs is 1. The molecule has 0 spiro atoms. The molecule has 0 amide bonds. The van der Waals surface area contributed by atoms with Gasteiger partial charge in [-0.15, -0.1) is 0 Å². The summed E-state index contributed by atoms with van der Waals surface area (Å²) in [6, 6.07) is 0.818. The fourth-order valence-electron chi connectivity index (χ4n) is 2.07. The van der Waals surface area contributed by atoms with Crippen molar-refractivity contribution in [1.29, 1.82) is 0 Å². The molecule has 2 aliphatic carbocycles. The largest absolute Gasteiger partial charge is 0.261 e. The molecule has 2 rings (SSSR count). The number of rotatable bonds is 2. The Labute approximate surface area is 79.8 Å². The molecule has 0 radical (unpaired) electrons. The van der Waals surface area contributed by atoms with Crippen LogP contribution >= 0.6 is 11.9 Å². The van der Waals surface area contributed by atoms with Crippen LogP contribution in [0.15, 0.2) is 0 Å². The first-order chi connectivity index (χ1) is 5.54. The van der Waals surface area contributed by atoms with Crippen LogP contribution in [-0.4, -0.2) is 10.8 Å². The molecule has 1 nitrogen and oxygen atoms in total. The van der Waals surface area contributed by atoms with Crippen molar-refractivity contribution in [3.63, 3.8) is 0 Å². The molecule has 2 unspecified atom stereocenters. The second-order valence-electron chi connectivity index (χ2n) is 5.26. The highest BCUT2D eigenvalue weighted by Gasteiger charge is 2.45. The lowest BCUT2D eigenvalue weighted by Gasteiger charge is -2.21. The molecule has 2 saturated carbocycles. The highest BCUT2D eigenvalue weighted by Crippen LogP contribution is 2.52. The highest BCUT2D eigenvalue weighted by atomic mass is 32.2. The monoisotopic (exact) mass is 185 g/mol. The van der Waals surface area contributed by atoms with Gasteiger partial charge in [-0.05, 0) is 51.9 Å². The molecule has 1 N–H and O–H groups in total. The minimum absolute atomic E-state index is 0.368. The van der Waals surface area contributed by atoms with Crippen molar-refractivity contribution < 1.29 is 0 Å². The molecule has 12 heavy (non-hydrogen) atoms. The first-order valence-corrected chi connectivity index (χ1v) is 5.80. The van der Waals surface area contributed by atoms with Gasteiger partial charge in [-0.25, -0.2) is 0 Å².